The summed E-state index contributed by atoms with van der Waals surface area (Å²) in [5, 5.41) is 0. The fourth-order valence-corrected chi connectivity index (χ4v) is 2.24. The second-order valence-electron chi connectivity index (χ2n) is 4.66. The molecule has 0 bridgehead atoms. The summed E-state index contributed by atoms with van der Waals surface area (Å²) in [4.78, 5) is 23.2. The Morgan fingerprint density at radius 3 is 2.30 bits per heavy atom. The van der Waals surface area contributed by atoms with E-state index in [1.54, 1.807) is 43.3 Å². The molecule has 0 aliphatic rings. The van der Waals surface area contributed by atoms with Crippen LogP contribution in [0, 0.1) is 0 Å². The van der Waals surface area contributed by atoms with Crippen LogP contribution < -0.4 is 10.9 Å². The second kappa shape index (κ2) is 8.45. The van der Waals surface area contributed by atoms with Crippen LogP contribution in [-0.4, -0.2) is 23.3 Å². The average molecular weight is 377 g/mol. The van der Waals surface area contributed by atoms with Crippen molar-refractivity contribution >= 4 is 33.4 Å². The molecular weight excluding hydrogens is 360 g/mol. The normalized spacial score (nSPS) is 11.6. The number of carbonyl (C=O) groups is 2. The number of nitrogens with one attached hydrogen (secondary N) is 2. The van der Waals surface area contributed by atoms with E-state index in [1.807, 2.05) is 18.2 Å². The highest BCUT2D eigenvalue weighted by Gasteiger charge is 2.15. The zero-order valence-electron chi connectivity index (χ0n) is 12.6. The van der Waals surface area contributed by atoms with Gasteiger partial charge in [0.05, 0.1) is 12.2 Å². The molecule has 5 nitrogen and oxygen atoms in total. The summed E-state index contributed by atoms with van der Waals surface area (Å²) in [5.74, 6) is -0.439. The molecule has 0 aliphatic carbocycles. The Morgan fingerprint density at radius 2 is 1.70 bits per heavy atom. The zero-order valence-corrected chi connectivity index (χ0v) is 14.2. The number of esters is 1. The van der Waals surface area contributed by atoms with E-state index in [-0.39, 0.29) is 11.8 Å². The molecule has 0 amide bonds. The van der Waals surface area contributed by atoms with Crippen LogP contribution in [-0.2, 0) is 4.74 Å². The molecule has 0 heterocycles. The summed E-state index contributed by atoms with van der Waals surface area (Å²) in [6.45, 7) is 2.10. The van der Waals surface area contributed by atoms with Gasteiger partial charge in [0.2, 0.25) is 0 Å². The highest BCUT2D eigenvalue weighted by Crippen LogP contribution is 2.12. The number of carbonyl (C=O) groups excluding carboxylic acids is 2. The van der Waals surface area contributed by atoms with E-state index < -0.39 is 4.95 Å². The van der Waals surface area contributed by atoms with Crippen LogP contribution in [0.1, 0.15) is 27.6 Å². The first-order valence-corrected chi connectivity index (χ1v) is 8.05. The standard InChI is InChI=1S/C17H17BrN2O3/c1-2-23-17(22)13-8-10-14(11-9-13)19-20-16(18)15(21)12-6-4-3-5-7-12/h3-11,16,19-20H,2H2,1H3. The topological polar surface area (TPSA) is 67.4 Å². The molecule has 120 valence electrons. The van der Waals surface area contributed by atoms with E-state index in [9.17, 15) is 9.59 Å². The monoisotopic (exact) mass is 376 g/mol. The summed E-state index contributed by atoms with van der Waals surface area (Å²) >= 11 is 3.30. The Bertz CT molecular complexity index is 659. The van der Waals surface area contributed by atoms with Crippen molar-refractivity contribution in [3.05, 3.63) is 65.7 Å². The third-order valence-electron chi connectivity index (χ3n) is 3.03. The van der Waals surface area contributed by atoms with Gasteiger partial charge in [0, 0.05) is 11.3 Å². The highest BCUT2D eigenvalue weighted by atomic mass is 79.9. The van der Waals surface area contributed by atoms with Crippen molar-refractivity contribution < 1.29 is 14.3 Å². The Balaban J connectivity index is 1.90. The van der Waals surface area contributed by atoms with Gasteiger partial charge in [-0.05, 0) is 31.2 Å². The number of anilines is 1. The number of benzene rings is 2. The number of Topliss-reactive ketones (excluding diaryl/α,β-unsaturated/α-hetero) is 1. The quantitative estimate of drug-likeness (QED) is 0.255. The SMILES string of the molecule is CCOC(=O)c1ccc(NNC(Br)C(=O)c2ccccc2)cc1. The number of ether oxygens (including phenoxy) is 1. The van der Waals surface area contributed by atoms with Crippen molar-refractivity contribution in [3.8, 4) is 0 Å². The molecule has 2 aromatic rings. The van der Waals surface area contributed by atoms with Crippen molar-refractivity contribution in [2.24, 2.45) is 0 Å². The molecule has 0 aliphatic heterocycles. The van der Waals surface area contributed by atoms with Gasteiger partial charge in [-0.1, -0.05) is 46.3 Å². The molecule has 2 N–H and O–H groups in total. The number of hydrazine groups is 1. The van der Waals surface area contributed by atoms with Crippen molar-refractivity contribution in [2.75, 3.05) is 12.0 Å². The van der Waals surface area contributed by atoms with Gasteiger partial charge >= 0.3 is 5.97 Å². The van der Waals surface area contributed by atoms with Gasteiger partial charge in [0.15, 0.2) is 5.78 Å². The zero-order chi connectivity index (χ0) is 16.7. The summed E-state index contributed by atoms with van der Waals surface area (Å²) in [6.07, 6.45) is 0. The summed E-state index contributed by atoms with van der Waals surface area (Å²) in [5.41, 5.74) is 7.61. The van der Waals surface area contributed by atoms with Gasteiger partial charge in [-0.15, -0.1) is 0 Å². The molecule has 0 spiro atoms. The van der Waals surface area contributed by atoms with Crippen LogP contribution in [0.5, 0.6) is 0 Å². The van der Waals surface area contributed by atoms with E-state index in [4.69, 9.17) is 4.74 Å². The molecule has 0 radical (unpaired) electrons. The third kappa shape index (κ3) is 4.91. The predicted octanol–water partition coefficient (Wildman–Crippen LogP) is 3.38. The van der Waals surface area contributed by atoms with Crippen LogP contribution >= 0.6 is 15.9 Å². The van der Waals surface area contributed by atoms with Crippen molar-refractivity contribution in [1.82, 2.24) is 5.43 Å². The minimum atomic E-state index is -0.574. The molecule has 2 rings (SSSR count). The molecule has 1 atom stereocenters. The smallest absolute Gasteiger partial charge is 0.338 e. The molecular formula is C17H17BrN2O3. The Hall–Kier alpha value is -2.18. The first kappa shape index (κ1) is 17.2. The largest absolute Gasteiger partial charge is 0.462 e. The maximum atomic E-state index is 12.2. The minimum Gasteiger partial charge on any atom is -0.462 e. The summed E-state index contributed by atoms with van der Waals surface area (Å²) < 4.78 is 4.92. The molecule has 0 aromatic heterocycles. The lowest BCUT2D eigenvalue weighted by Gasteiger charge is -2.13. The Labute approximate surface area is 143 Å². The van der Waals surface area contributed by atoms with Gasteiger partial charge in [-0.2, -0.15) is 0 Å². The van der Waals surface area contributed by atoms with Crippen LogP contribution in [0.4, 0.5) is 5.69 Å². The Kier molecular flexibility index (Phi) is 6.31. The van der Waals surface area contributed by atoms with Gasteiger partial charge in [-0.25, -0.2) is 10.2 Å². The number of alkyl halides is 1. The first-order chi connectivity index (χ1) is 11.1. The van der Waals surface area contributed by atoms with Crippen LogP contribution in [0.3, 0.4) is 0 Å². The van der Waals surface area contributed by atoms with E-state index in [2.05, 4.69) is 26.8 Å². The van der Waals surface area contributed by atoms with E-state index in [0.717, 1.165) is 5.69 Å². The number of halogens is 1. The number of rotatable bonds is 7. The molecule has 0 fully saturated rings. The first-order valence-electron chi connectivity index (χ1n) is 7.14. The molecule has 1 unspecified atom stereocenters. The summed E-state index contributed by atoms with van der Waals surface area (Å²) in [7, 11) is 0. The lowest BCUT2D eigenvalue weighted by atomic mass is 10.1. The fraction of sp³-hybridized carbons (Fsp3) is 0.176. The summed E-state index contributed by atoms with van der Waals surface area (Å²) in [6, 6.07) is 15.8. The van der Waals surface area contributed by atoms with E-state index in [1.165, 1.54) is 0 Å². The molecule has 0 saturated heterocycles. The van der Waals surface area contributed by atoms with Gasteiger partial charge in [-0.3, -0.25) is 4.79 Å². The lowest BCUT2D eigenvalue weighted by Crippen LogP contribution is -2.35. The van der Waals surface area contributed by atoms with Crippen molar-refractivity contribution in [3.63, 3.8) is 0 Å². The van der Waals surface area contributed by atoms with Crippen molar-refractivity contribution in [1.29, 1.82) is 0 Å². The average Bonchev–Trinajstić information content (AvgIpc) is 2.60. The highest BCUT2D eigenvalue weighted by molar-refractivity contribution is 9.10. The van der Waals surface area contributed by atoms with Crippen LogP contribution in [0.2, 0.25) is 0 Å². The minimum absolute atomic E-state index is 0.0822. The lowest BCUT2D eigenvalue weighted by molar-refractivity contribution is 0.0526. The molecule has 23 heavy (non-hydrogen) atoms. The van der Waals surface area contributed by atoms with Crippen LogP contribution in [0.15, 0.2) is 54.6 Å². The predicted molar refractivity (Wildman–Crippen MR) is 92.6 cm³/mol. The van der Waals surface area contributed by atoms with E-state index >= 15 is 0 Å². The molecule has 6 heteroatoms. The van der Waals surface area contributed by atoms with E-state index in [0.29, 0.717) is 17.7 Å². The van der Waals surface area contributed by atoms with Crippen molar-refractivity contribution in [2.45, 2.75) is 11.9 Å². The number of hydrogen-bond donors (Lipinski definition) is 2. The van der Waals surface area contributed by atoms with Gasteiger partial charge in [0.1, 0.15) is 4.95 Å². The Morgan fingerprint density at radius 1 is 1.04 bits per heavy atom. The second-order valence-corrected chi connectivity index (χ2v) is 5.58. The third-order valence-corrected chi connectivity index (χ3v) is 3.67. The maximum absolute atomic E-state index is 12.2. The number of hydrogen-bond acceptors (Lipinski definition) is 5. The van der Waals surface area contributed by atoms with Gasteiger partial charge in [0.25, 0.3) is 0 Å². The maximum Gasteiger partial charge on any atom is 0.338 e. The van der Waals surface area contributed by atoms with Gasteiger partial charge < -0.3 is 10.2 Å². The molecule has 0 saturated carbocycles. The van der Waals surface area contributed by atoms with Crippen LogP contribution in [0.25, 0.3) is 0 Å². The molecule has 2 aromatic carbocycles. The number of ketones is 1. The fourth-order valence-electron chi connectivity index (χ4n) is 1.87.